The van der Waals surface area contributed by atoms with Crippen molar-refractivity contribution in [3.63, 3.8) is 0 Å². The lowest BCUT2D eigenvalue weighted by Crippen LogP contribution is -2.25. The second kappa shape index (κ2) is 11.2. The quantitative estimate of drug-likeness (QED) is 0.162. The molecule has 1 aliphatic carbocycles. The fourth-order valence-electron chi connectivity index (χ4n) is 7.21. The molecule has 2 unspecified atom stereocenters. The minimum Gasteiger partial charge on any atom is -0.377 e. The fraction of sp³-hybridized carbons (Fsp3) is 0.0476. The smallest absolute Gasteiger partial charge is 0.0583 e. The summed E-state index contributed by atoms with van der Waals surface area (Å²) in [5, 5.41) is 12.9. The average molecular weight is 672 g/mol. The molecule has 3 nitrogen and oxygen atoms in total. The molecule has 3 aromatic carbocycles. The number of hydrogen-bond donors (Lipinski definition) is 3. The van der Waals surface area contributed by atoms with Gasteiger partial charge in [-0.25, -0.2) is 0 Å². The first kappa shape index (κ1) is 27.9. The van der Waals surface area contributed by atoms with Gasteiger partial charge in [-0.15, -0.1) is 34.0 Å². The Morgan fingerprint density at radius 2 is 1.00 bits per heavy atom. The van der Waals surface area contributed by atoms with Crippen molar-refractivity contribution < 1.29 is 0 Å². The molecule has 2 aliphatic rings. The summed E-state index contributed by atoms with van der Waals surface area (Å²) in [5.41, 5.74) is 13.3. The molecule has 6 heteroatoms. The van der Waals surface area contributed by atoms with Gasteiger partial charge in [-0.3, -0.25) is 0 Å². The molecule has 0 fully saturated rings. The minimum atomic E-state index is 0.316. The molecule has 3 N–H and O–H groups in total. The van der Waals surface area contributed by atoms with E-state index in [1.54, 1.807) is 22.7 Å². The zero-order valence-corrected chi connectivity index (χ0v) is 28.2. The number of aromatic nitrogens is 2. The Labute approximate surface area is 290 Å². The van der Waals surface area contributed by atoms with Gasteiger partial charge < -0.3 is 15.3 Å². The van der Waals surface area contributed by atoms with Gasteiger partial charge in [-0.1, -0.05) is 66.8 Å². The third-order valence-corrected chi connectivity index (χ3v) is 12.4. The SMILES string of the molecule is C1=CC2C=C(c3sccc3-c3cc(-c4ccsc4-c4cc5ccccc5[nH]4)cc(-c4ccsc4-c4cc5ccccc5[nH]4)c3)NC2C=C1. The van der Waals surface area contributed by atoms with E-state index in [0.717, 1.165) is 22.4 Å². The van der Waals surface area contributed by atoms with E-state index >= 15 is 0 Å². The first-order valence-electron chi connectivity index (χ1n) is 16.1. The predicted octanol–water partition coefficient (Wildman–Crippen LogP) is 12.2. The van der Waals surface area contributed by atoms with Gasteiger partial charge in [0.15, 0.2) is 0 Å². The normalized spacial score (nSPS) is 16.9. The van der Waals surface area contributed by atoms with Gasteiger partial charge in [-0.2, -0.15) is 0 Å². The Bertz CT molecular complexity index is 2380. The van der Waals surface area contributed by atoms with Gasteiger partial charge in [0, 0.05) is 50.1 Å². The summed E-state index contributed by atoms with van der Waals surface area (Å²) in [7, 11) is 0. The molecular weight excluding hydrogens is 643 g/mol. The standard InChI is InChI=1S/C42H29N3S3/c1-4-10-34-25(7-1)22-37(43-34)40-31(13-16-46-40)28-19-29(32-14-17-47-41(32)38-23-26-8-2-5-11-35(26)44-38)21-30(20-28)33-15-18-48-42(33)39-24-27-9-3-6-12-36(27)45-39/h1-25,34,43-45H. The average Bonchev–Trinajstić information content (AvgIpc) is 3.97. The van der Waals surface area contributed by atoms with Crippen molar-refractivity contribution >= 4 is 61.5 Å². The van der Waals surface area contributed by atoms with E-state index in [1.807, 2.05) is 11.3 Å². The van der Waals surface area contributed by atoms with Crippen LogP contribution in [0, 0.1) is 5.92 Å². The van der Waals surface area contributed by atoms with E-state index in [2.05, 4.69) is 159 Å². The number of hydrogen-bond acceptors (Lipinski definition) is 4. The molecule has 0 amide bonds. The van der Waals surface area contributed by atoms with Crippen molar-refractivity contribution in [2.75, 3.05) is 0 Å². The van der Waals surface area contributed by atoms with Crippen LogP contribution < -0.4 is 5.32 Å². The molecule has 8 aromatic rings. The third-order valence-electron chi connectivity index (χ3n) is 9.51. The molecule has 6 heterocycles. The van der Waals surface area contributed by atoms with Crippen LogP contribution in [0.2, 0.25) is 0 Å². The highest BCUT2D eigenvalue weighted by atomic mass is 32.1. The fourth-order valence-corrected chi connectivity index (χ4v) is 9.90. The Morgan fingerprint density at radius 1 is 0.500 bits per heavy atom. The summed E-state index contributed by atoms with van der Waals surface area (Å²) in [5.74, 6) is 0.385. The highest BCUT2D eigenvalue weighted by Gasteiger charge is 2.27. The number of allylic oxidation sites excluding steroid dienone is 2. The van der Waals surface area contributed by atoms with E-state index in [9.17, 15) is 0 Å². The van der Waals surface area contributed by atoms with Crippen LogP contribution in [0.1, 0.15) is 4.88 Å². The van der Waals surface area contributed by atoms with Crippen LogP contribution in [0.5, 0.6) is 0 Å². The predicted molar refractivity (Wildman–Crippen MR) is 208 cm³/mol. The zero-order valence-electron chi connectivity index (χ0n) is 25.7. The van der Waals surface area contributed by atoms with Crippen LogP contribution in [0.25, 0.3) is 82.0 Å². The van der Waals surface area contributed by atoms with E-state index in [4.69, 9.17) is 0 Å². The summed E-state index contributed by atoms with van der Waals surface area (Å²) < 4.78 is 0. The van der Waals surface area contributed by atoms with Crippen molar-refractivity contribution in [3.8, 4) is 54.5 Å². The summed E-state index contributed by atoms with van der Waals surface area (Å²) in [4.78, 5) is 11.2. The Morgan fingerprint density at radius 3 is 1.54 bits per heavy atom. The summed E-state index contributed by atoms with van der Waals surface area (Å²) in [6.45, 7) is 0. The number of rotatable bonds is 6. The lowest BCUT2D eigenvalue weighted by Gasteiger charge is -2.16. The summed E-state index contributed by atoms with van der Waals surface area (Å²) >= 11 is 5.40. The lowest BCUT2D eigenvalue weighted by atomic mass is 9.93. The Kier molecular flexibility index (Phi) is 6.54. The monoisotopic (exact) mass is 671 g/mol. The molecule has 0 spiro atoms. The molecule has 48 heavy (non-hydrogen) atoms. The van der Waals surface area contributed by atoms with Crippen LogP contribution >= 0.6 is 34.0 Å². The molecule has 10 rings (SSSR count). The Hall–Kier alpha value is -5.14. The molecule has 0 bridgehead atoms. The largest absolute Gasteiger partial charge is 0.377 e. The van der Waals surface area contributed by atoms with Crippen LogP contribution in [0.15, 0.2) is 144 Å². The van der Waals surface area contributed by atoms with Crippen LogP contribution in [0.3, 0.4) is 0 Å². The molecule has 0 saturated carbocycles. The molecule has 230 valence electrons. The maximum atomic E-state index is 3.80. The van der Waals surface area contributed by atoms with Crippen molar-refractivity contribution in [1.82, 2.24) is 15.3 Å². The zero-order chi connectivity index (χ0) is 31.6. The number of nitrogens with one attached hydrogen (secondary N) is 3. The lowest BCUT2D eigenvalue weighted by molar-refractivity contribution is 0.655. The first-order valence-corrected chi connectivity index (χ1v) is 18.8. The maximum absolute atomic E-state index is 3.80. The molecule has 5 aromatic heterocycles. The minimum absolute atomic E-state index is 0.316. The number of para-hydroxylation sites is 2. The van der Waals surface area contributed by atoms with E-state index in [0.29, 0.717) is 12.0 Å². The summed E-state index contributed by atoms with van der Waals surface area (Å²) in [6.07, 6.45) is 11.3. The van der Waals surface area contributed by atoms with Gasteiger partial charge in [0.05, 0.1) is 32.1 Å². The molecule has 0 radical (unpaired) electrons. The van der Waals surface area contributed by atoms with E-state index in [-0.39, 0.29) is 0 Å². The highest BCUT2D eigenvalue weighted by Crippen LogP contribution is 2.45. The van der Waals surface area contributed by atoms with E-state index < -0.39 is 0 Å². The van der Waals surface area contributed by atoms with Crippen molar-refractivity contribution in [2.45, 2.75) is 6.04 Å². The second-order valence-corrected chi connectivity index (χ2v) is 15.2. The molecule has 0 saturated heterocycles. The molecule has 1 aliphatic heterocycles. The molecule has 2 atom stereocenters. The van der Waals surface area contributed by atoms with Gasteiger partial charge in [-0.05, 0) is 93.5 Å². The number of aromatic amines is 2. The van der Waals surface area contributed by atoms with Crippen LogP contribution in [0.4, 0.5) is 0 Å². The van der Waals surface area contributed by atoms with Crippen LogP contribution in [-0.4, -0.2) is 16.0 Å². The van der Waals surface area contributed by atoms with Gasteiger partial charge in [0.2, 0.25) is 0 Å². The van der Waals surface area contributed by atoms with Crippen molar-refractivity contribution in [1.29, 1.82) is 0 Å². The third kappa shape index (κ3) is 4.67. The number of thiophene rings is 3. The molecular formula is C42H29N3S3. The van der Waals surface area contributed by atoms with Gasteiger partial charge in [0.1, 0.15) is 0 Å². The number of fused-ring (bicyclic) bond motifs is 3. The number of benzene rings is 3. The van der Waals surface area contributed by atoms with Crippen molar-refractivity contribution in [2.24, 2.45) is 5.92 Å². The topological polar surface area (TPSA) is 43.6 Å². The highest BCUT2D eigenvalue weighted by molar-refractivity contribution is 7.14. The van der Waals surface area contributed by atoms with E-state index in [1.165, 1.54) is 64.5 Å². The summed E-state index contributed by atoms with van der Waals surface area (Å²) in [6, 6.07) is 35.9. The second-order valence-electron chi connectivity index (χ2n) is 12.4. The van der Waals surface area contributed by atoms with Gasteiger partial charge >= 0.3 is 0 Å². The Balaban J connectivity index is 1.14. The number of H-pyrrole nitrogens is 2. The van der Waals surface area contributed by atoms with Crippen molar-refractivity contribution in [3.05, 3.63) is 148 Å². The van der Waals surface area contributed by atoms with Crippen LogP contribution in [-0.2, 0) is 0 Å². The van der Waals surface area contributed by atoms with Gasteiger partial charge in [0.25, 0.3) is 0 Å². The maximum Gasteiger partial charge on any atom is 0.0583 e. The first-order chi connectivity index (χ1) is 23.7.